The molecule has 1 amide bonds. The van der Waals surface area contributed by atoms with E-state index in [1.165, 1.54) is 11.3 Å². The fraction of sp³-hybridized carbons (Fsp3) is 0.308. The minimum absolute atomic E-state index is 0.0217. The zero-order valence-corrected chi connectivity index (χ0v) is 21.4. The quantitative estimate of drug-likeness (QED) is 0.412. The molecule has 6 nitrogen and oxygen atoms in total. The molecule has 34 heavy (non-hydrogen) atoms. The SMILES string of the molecule is CCc1ccc(C(=O)OCc2c(-c3cc(Cl)ccc3OC)ccc3c2N(C)C(=O)C(C)(C)N3)s1. The molecule has 0 spiro atoms. The molecule has 0 aliphatic carbocycles. The lowest BCUT2D eigenvalue weighted by Crippen LogP contribution is -2.52. The maximum Gasteiger partial charge on any atom is 0.348 e. The number of aryl methyl sites for hydroxylation is 1. The van der Waals surface area contributed by atoms with Crippen LogP contribution in [0, 0.1) is 0 Å². The maximum atomic E-state index is 13.1. The second kappa shape index (κ2) is 9.31. The van der Waals surface area contributed by atoms with Crippen LogP contribution in [0.2, 0.25) is 5.02 Å². The molecule has 0 fully saturated rings. The van der Waals surface area contributed by atoms with Crippen LogP contribution >= 0.6 is 22.9 Å². The van der Waals surface area contributed by atoms with Gasteiger partial charge in [-0.15, -0.1) is 11.3 Å². The van der Waals surface area contributed by atoms with E-state index in [2.05, 4.69) is 5.32 Å². The Labute approximate surface area is 208 Å². The number of carbonyl (C=O) groups is 2. The molecule has 1 aliphatic rings. The Balaban J connectivity index is 1.82. The lowest BCUT2D eigenvalue weighted by Gasteiger charge is -2.39. The number of halogens is 1. The molecule has 3 aromatic rings. The first-order valence-corrected chi connectivity index (χ1v) is 12.2. The number of likely N-dealkylation sites (N-methyl/N-ethyl adjacent to an activating group) is 1. The minimum Gasteiger partial charge on any atom is -0.496 e. The fourth-order valence-electron chi connectivity index (χ4n) is 4.21. The highest BCUT2D eigenvalue weighted by molar-refractivity contribution is 7.13. The van der Waals surface area contributed by atoms with Gasteiger partial charge in [0.05, 0.1) is 18.5 Å². The number of nitrogens with one attached hydrogen (secondary N) is 1. The van der Waals surface area contributed by atoms with Gasteiger partial charge in [-0.1, -0.05) is 24.6 Å². The third kappa shape index (κ3) is 4.38. The van der Waals surface area contributed by atoms with E-state index in [0.29, 0.717) is 26.9 Å². The Hall–Kier alpha value is -3.03. The number of thiophene rings is 1. The number of ether oxygens (including phenoxy) is 2. The van der Waals surface area contributed by atoms with Crippen LogP contribution in [0.5, 0.6) is 5.75 Å². The molecule has 4 rings (SSSR count). The minimum atomic E-state index is -0.765. The lowest BCUT2D eigenvalue weighted by molar-refractivity contribution is -0.121. The molecule has 0 saturated carbocycles. The van der Waals surface area contributed by atoms with Crippen LogP contribution in [-0.4, -0.2) is 31.6 Å². The molecular weight excluding hydrogens is 472 g/mol. The Morgan fingerprint density at radius 3 is 2.59 bits per heavy atom. The second-order valence-electron chi connectivity index (χ2n) is 8.64. The van der Waals surface area contributed by atoms with Crippen molar-refractivity contribution in [2.45, 2.75) is 39.3 Å². The summed E-state index contributed by atoms with van der Waals surface area (Å²) in [5.74, 6) is 0.138. The summed E-state index contributed by atoms with van der Waals surface area (Å²) in [5, 5.41) is 3.87. The number of nitrogens with zero attached hydrogens (tertiary/aromatic N) is 1. The average molecular weight is 499 g/mol. The summed E-state index contributed by atoms with van der Waals surface area (Å²) < 4.78 is 11.4. The van der Waals surface area contributed by atoms with Crippen LogP contribution in [0.3, 0.4) is 0 Å². The normalized spacial score (nSPS) is 14.4. The topological polar surface area (TPSA) is 67.9 Å². The molecule has 1 aromatic heterocycles. The summed E-state index contributed by atoms with van der Waals surface area (Å²) in [6, 6.07) is 12.9. The van der Waals surface area contributed by atoms with Crippen molar-refractivity contribution in [1.29, 1.82) is 0 Å². The summed E-state index contributed by atoms with van der Waals surface area (Å²) in [4.78, 5) is 29.2. The van der Waals surface area contributed by atoms with E-state index in [0.717, 1.165) is 28.1 Å². The van der Waals surface area contributed by atoms with Crippen LogP contribution in [0.4, 0.5) is 11.4 Å². The van der Waals surface area contributed by atoms with Gasteiger partial charge in [-0.25, -0.2) is 4.79 Å². The number of methoxy groups -OCH3 is 1. The van der Waals surface area contributed by atoms with Crippen LogP contribution < -0.4 is 15.0 Å². The number of amides is 1. The predicted molar refractivity (Wildman–Crippen MR) is 137 cm³/mol. The molecule has 0 radical (unpaired) electrons. The number of fused-ring (bicyclic) bond motifs is 1. The van der Waals surface area contributed by atoms with E-state index in [4.69, 9.17) is 21.1 Å². The van der Waals surface area contributed by atoms with Crippen molar-refractivity contribution in [2.24, 2.45) is 0 Å². The number of rotatable bonds is 6. The van der Waals surface area contributed by atoms with Crippen molar-refractivity contribution in [3.63, 3.8) is 0 Å². The predicted octanol–water partition coefficient (Wildman–Crippen LogP) is 6.16. The molecule has 1 aliphatic heterocycles. The zero-order valence-electron chi connectivity index (χ0n) is 19.8. The molecule has 0 bridgehead atoms. The number of anilines is 2. The van der Waals surface area contributed by atoms with Crippen molar-refractivity contribution >= 4 is 46.2 Å². The van der Waals surface area contributed by atoms with Crippen LogP contribution in [0.25, 0.3) is 11.1 Å². The lowest BCUT2D eigenvalue weighted by atomic mass is 9.92. The van der Waals surface area contributed by atoms with E-state index in [-0.39, 0.29) is 12.5 Å². The highest BCUT2D eigenvalue weighted by Gasteiger charge is 2.38. The smallest absolute Gasteiger partial charge is 0.348 e. The molecule has 0 atom stereocenters. The van der Waals surface area contributed by atoms with Gasteiger partial charge in [0.1, 0.15) is 22.8 Å². The molecule has 178 valence electrons. The highest BCUT2D eigenvalue weighted by Crippen LogP contribution is 2.44. The Kier molecular flexibility index (Phi) is 6.60. The largest absolute Gasteiger partial charge is 0.496 e. The average Bonchev–Trinajstić information content (AvgIpc) is 3.30. The summed E-state index contributed by atoms with van der Waals surface area (Å²) in [7, 11) is 3.33. The number of carbonyl (C=O) groups excluding carboxylic acids is 2. The monoisotopic (exact) mass is 498 g/mol. The van der Waals surface area contributed by atoms with Gasteiger partial charge in [-0.05, 0) is 62.2 Å². The summed E-state index contributed by atoms with van der Waals surface area (Å²) in [6.45, 7) is 5.70. The van der Waals surface area contributed by atoms with Crippen molar-refractivity contribution in [3.05, 3.63) is 62.8 Å². The first kappa shape index (κ1) is 24.1. The molecule has 0 unspecified atom stereocenters. The number of benzene rings is 2. The van der Waals surface area contributed by atoms with Gasteiger partial charge in [0.15, 0.2) is 0 Å². The molecule has 1 N–H and O–H groups in total. The van der Waals surface area contributed by atoms with Crippen molar-refractivity contribution in [3.8, 4) is 16.9 Å². The Morgan fingerprint density at radius 2 is 1.91 bits per heavy atom. The Morgan fingerprint density at radius 1 is 1.15 bits per heavy atom. The van der Waals surface area contributed by atoms with E-state index >= 15 is 0 Å². The standard InChI is InChI=1S/C26H27ClN2O4S/c1-6-16-8-12-22(34-16)24(30)33-14-19-17(18-13-15(27)7-11-21(18)32-5)9-10-20-23(19)29(4)25(31)26(2,3)28-20/h7-13,28H,6,14H2,1-5H3. The van der Waals surface area contributed by atoms with Crippen LogP contribution in [0.15, 0.2) is 42.5 Å². The number of hydrogen-bond donors (Lipinski definition) is 1. The van der Waals surface area contributed by atoms with Crippen molar-refractivity contribution < 1.29 is 19.1 Å². The van der Waals surface area contributed by atoms with Gasteiger partial charge in [0.2, 0.25) is 0 Å². The van der Waals surface area contributed by atoms with Crippen molar-refractivity contribution in [2.75, 3.05) is 24.4 Å². The third-order valence-electron chi connectivity index (χ3n) is 5.92. The highest BCUT2D eigenvalue weighted by atomic mass is 35.5. The molecule has 2 heterocycles. The van der Waals surface area contributed by atoms with Crippen LogP contribution in [-0.2, 0) is 22.6 Å². The van der Waals surface area contributed by atoms with Gasteiger partial charge in [0.25, 0.3) is 5.91 Å². The van der Waals surface area contributed by atoms with Gasteiger partial charge < -0.3 is 19.7 Å². The molecule has 2 aromatic carbocycles. The summed E-state index contributed by atoms with van der Waals surface area (Å²) in [5.41, 5.74) is 2.90. The van der Waals surface area contributed by atoms with E-state index in [1.54, 1.807) is 37.3 Å². The fourth-order valence-corrected chi connectivity index (χ4v) is 5.22. The van der Waals surface area contributed by atoms with E-state index in [9.17, 15) is 9.59 Å². The van der Waals surface area contributed by atoms with Gasteiger partial charge in [-0.3, -0.25) is 4.79 Å². The summed E-state index contributed by atoms with van der Waals surface area (Å²) in [6.07, 6.45) is 0.858. The van der Waals surface area contributed by atoms with E-state index in [1.807, 2.05) is 45.0 Å². The van der Waals surface area contributed by atoms with Gasteiger partial charge in [-0.2, -0.15) is 0 Å². The third-order valence-corrected chi connectivity index (χ3v) is 7.36. The van der Waals surface area contributed by atoms with Gasteiger partial charge in [0, 0.05) is 28.1 Å². The summed E-state index contributed by atoms with van der Waals surface area (Å²) >= 11 is 7.74. The maximum absolute atomic E-state index is 13.1. The number of esters is 1. The molecule has 8 heteroatoms. The number of hydrogen-bond acceptors (Lipinski definition) is 6. The first-order valence-electron chi connectivity index (χ1n) is 11.0. The second-order valence-corrected chi connectivity index (χ2v) is 10.2. The van der Waals surface area contributed by atoms with Crippen LogP contribution in [0.1, 0.15) is 40.9 Å². The van der Waals surface area contributed by atoms with E-state index < -0.39 is 11.5 Å². The first-order chi connectivity index (χ1) is 16.2. The van der Waals surface area contributed by atoms with Crippen molar-refractivity contribution in [1.82, 2.24) is 0 Å². The molecular formula is C26H27ClN2O4S. The van der Waals surface area contributed by atoms with Gasteiger partial charge >= 0.3 is 5.97 Å². The molecule has 0 saturated heterocycles. The zero-order chi connectivity index (χ0) is 24.6. The Bertz CT molecular complexity index is 1270.